The lowest BCUT2D eigenvalue weighted by Crippen LogP contribution is -2.14. The van der Waals surface area contributed by atoms with E-state index in [0.717, 1.165) is 5.56 Å². The molecule has 0 bridgehead atoms. The van der Waals surface area contributed by atoms with Crippen molar-refractivity contribution >= 4 is 38.1 Å². The molecule has 2 rings (SSSR count). The number of hydrogen-bond acceptors (Lipinski definition) is 5. The molecule has 0 aliphatic carbocycles. The van der Waals surface area contributed by atoms with Crippen LogP contribution >= 0.6 is 23.2 Å². The van der Waals surface area contributed by atoms with Crippen LogP contribution in [0.15, 0.2) is 46.4 Å². The number of nitriles is 1. The maximum absolute atomic E-state index is 12.5. The number of rotatable bonds is 2. The van der Waals surface area contributed by atoms with Crippen molar-refractivity contribution in [3.63, 3.8) is 0 Å². The maximum Gasteiger partial charge on any atom is 0.275 e. The fraction of sp³-hybridized carbons (Fsp3) is 0.0667. The van der Waals surface area contributed by atoms with Gasteiger partial charge >= 0.3 is 0 Å². The molecule has 0 spiro atoms. The Morgan fingerprint density at radius 1 is 1.17 bits per heavy atom. The lowest BCUT2D eigenvalue weighted by atomic mass is 10.0. The van der Waals surface area contributed by atoms with E-state index in [4.69, 9.17) is 33.7 Å². The van der Waals surface area contributed by atoms with Gasteiger partial charge in [-0.25, -0.2) is 8.42 Å². The molecule has 0 saturated heterocycles. The Balaban J connectivity index is 2.81. The Labute approximate surface area is 143 Å². The van der Waals surface area contributed by atoms with Crippen molar-refractivity contribution < 1.29 is 13.6 Å². The molecular weight excluding hydrogens is 359 g/mol. The minimum absolute atomic E-state index is 0.179. The molecule has 0 fully saturated rings. The minimum Gasteiger partial charge on any atom is -0.409 e. The quantitative estimate of drug-likeness (QED) is 0.374. The highest BCUT2D eigenvalue weighted by Crippen LogP contribution is 2.35. The number of oxime groups is 1. The zero-order chi connectivity index (χ0) is 17.2. The first-order valence-corrected chi connectivity index (χ1v) is 8.48. The highest BCUT2D eigenvalue weighted by atomic mass is 35.5. The average molecular weight is 369 g/mol. The number of hydrogen-bond donors (Lipinski definition) is 1. The normalized spacial score (nSPS) is 12.0. The molecule has 118 valence electrons. The zero-order valence-electron chi connectivity index (χ0n) is 11.8. The van der Waals surface area contributed by atoms with E-state index in [0.29, 0.717) is 16.1 Å². The van der Waals surface area contributed by atoms with Crippen LogP contribution in [0.25, 0.3) is 11.1 Å². The molecule has 8 heteroatoms. The summed E-state index contributed by atoms with van der Waals surface area (Å²) < 4.78 is 25.0. The molecule has 0 aliphatic rings. The molecule has 2 aromatic rings. The van der Waals surface area contributed by atoms with Crippen LogP contribution in [0.1, 0.15) is 5.56 Å². The molecule has 0 amide bonds. The van der Waals surface area contributed by atoms with Crippen LogP contribution < -0.4 is 0 Å². The van der Waals surface area contributed by atoms with Crippen LogP contribution in [0.4, 0.5) is 0 Å². The minimum atomic E-state index is -4.28. The third-order valence-electron chi connectivity index (χ3n) is 3.09. The van der Waals surface area contributed by atoms with Gasteiger partial charge < -0.3 is 5.21 Å². The predicted octanol–water partition coefficient (Wildman–Crippen LogP) is 4.05. The van der Waals surface area contributed by atoms with E-state index in [1.807, 2.05) is 0 Å². The second-order valence-electron chi connectivity index (χ2n) is 4.64. The summed E-state index contributed by atoms with van der Waals surface area (Å²) in [5.74, 6) is 0. The van der Waals surface area contributed by atoms with E-state index < -0.39 is 14.9 Å². The first kappa shape index (κ1) is 17.3. The van der Waals surface area contributed by atoms with Crippen molar-refractivity contribution in [2.24, 2.45) is 5.16 Å². The van der Waals surface area contributed by atoms with Crippen molar-refractivity contribution in [1.82, 2.24) is 0 Å². The Bertz CT molecular complexity index is 948. The van der Waals surface area contributed by atoms with Crippen molar-refractivity contribution in [2.75, 3.05) is 0 Å². The monoisotopic (exact) mass is 368 g/mol. The second kappa shape index (κ2) is 6.59. The van der Waals surface area contributed by atoms with Crippen LogP contribution in [0.5, 0.6) is 0 Å². The number of sulfone groups is 1. The zero-order valence-corrected chi connectivity index (χ0v) is 14.1. The molecule has 0 aromatic heterocycles. The summed E-state index contributed by atoms with van der Waals surface area (Å²) in [6.07, 6.45) is 0. The number of aryl methyl sites for hydroxylation is 1. The topological polar surface area (TPSA) is 90.5 Å². The van der Waals surface area contributed by atoms with Gasteiger partial charge in [0, 0.05) is 21.2 Å². The molecule has 0 aliphatic heterocycles. The van der Waals surface area contributed by atoms with Crippen LogP contribution in [0, 0.1) is 18.3 Å². The second-order valence-corrected chi connectivity index (χ2v) is 7.32. The highest BCUT2D eigenvalue weighted by Gasteiger charge is 2.27. The van der Waals surface area contributed by atoms with Gasteiger partial charge in [-0.15, -0.1) is 0 Å². The lowest BCUT2D eigenvalue weighted by Gasteiger charge is -2.12. The predicted molar refractivity (Wildman–Crippen MR) is 88.7 cm³/mol. The largest absolute Gasteiger partial charge is 0.409 e. The maximum atomic E-state index is 12.5. The summed E-state index contributed by atoms with van der Waals surface area (Å²) in [6.45, 7) is 1.79. The van der Waals surface area contributed by atoms with E-state index in [2.05, 4.69) is 5.16 Å². The summed E-state index contributed by atoms with van der Waals surface area (Å²) in [5.41, 5.74) is 1.53. The lowest BCUT2D eigenvalue weighted by molar-refractivity contribution is 0.321. The van der Waals surface area contributed by atoms with Gasteiger partial charge in [0.15, 0.2) is 0 Å². The molecule has 2 aromatic carbocycles. The first-order valence-electron chi connectivity index (χ1n) is 6.24. The van der Waals surface area contributed by atoms with Gasteiger partial charge in [-0.3, -0.25) is 0 Å². The smallest absolute Gasteiger partial charge is 0.275 e. The number of nitrogens with zero attached hydrogens (tertiary/aromatic N) is 2. The fourth-order valence-electron chi connectivity index (χ4n) is 2.04. The van der Waals surface area contributed by atoms with Crippen LogP contribution in [-0.2, 0) is 9.84 Å². The number of benzene rings is 2. The summed E-state index contributed by atoms with van der Waals surface area (Å²) >= 11 is 12.0. The van der Waals surface area contributed by atoms with E-state index in [-0.39, 0.29) is 9.92 Å². The van der Waals surface area contributed by atoms with E-state index in [1.54, 1.807) is 31.2 Å². The van der Waals surface area contributed by atoms with Crippen LogP contribution in [-0.4, -0.2) is 18.7 Å². The summed E-state index contributed by atoms with van der Waals surface area (Å²) in [7, 11) is -4.28. The van der Waals surface area contributed by atoms with Gasteiger partial charge in [-0.05, 0) is 25.1 Å². The summed E-state index contributed by atoms with van der Waals surface area (Å²) in [5, 5.41) is 19.9. The fourth-order valence-corrected chi connectivity index (χ4v) is 3.69. The highest BCUT2D eigenvalue weighted by molar-refractivity contribution is 8.07. The van der Waals surface area contributed by atoms with Crippen molar-refractivity contribution in [1.29, 1.82) is 5.26 Å². The van der Waals surface area contributed by atoms with Crippen molar-refractivity contribution in [3.8, 4) is 17.2 Å². The summed E-state index contributed by atoms with van der Waals surface area (Å²) in [6, 6.07) is 10.6. The van der Waals surface area contributed by atoms with Gasteiger partial charge in [0.1, 0.15) is 6.07 Å². The molecular formula is C15H10Cl2N2O3S. The van der Waals surface area contributed by atoms with E-state index in [9.17, 15) is 8.42 Å². The standard InChI is InChI=1S/C15H10Cl2N2O3S/c1-9-2-5-14(23(21,22)15(8-18)19-20)12(6-9)11-4-3-10(16)7-13(11)17/h2-7,20H,1H3/b19-15+. The van der Waals surface area contributed by atoms with Gasteiger partial charge in [0.05, 0.1) is 4.90 Å². The molecule has 0 radical (unpaired) electrons. The van der Waals surface area contributed by atoms with Gasteiger partial charge in [0.2, 0.25) is 9.84 Å². The van der Waals surface area contributed by atoms with Crippen LogP contribution in [0.3, 0.4) is 0 Å². The summed E-state index contributed by atoms with van der Waals surface area (Å²) in [4.78, 5) is -0.179. The Morgan fingerprint density at radius 2 is 1.87 bits per heavy atom. The molecule has 0 atom stereocenters. The molecule has 0 unspecified atom stereocenters. The van der Waals surface area contributed by atoms with Crippen LogP contribution in [0.2, 0.25) is 10.0 Å². The first-order chi connectivity index (χ1) is 10.8. The van der Waals surface area contributed by atoms with E-state index in [1.165, 1.54) is 18.2 Å². The van der Waals surface area contributed by atoms with Crippen molar-refractivity contribution in [2.45, 2.75) is 11.8 Å². The SMILES string of the molecule is Cc1ccc(S(=O)(=O)/C(C#N)=N/O)c(-c2ccc(Cl)cc2Cl)c1. The van der Waals surface area contributed by atoms with E-state index >= 15 is 0 Å². The number of halogens is 2. The van der Waals surface area contributed by atoms with Gasteiger partial charge in [-0.2, -0.15) is 5.26 Å². The molecule has 23 heavy (non-hydrogen) atoms. The molecule has 5 nitrogen and oxygen atoms in total. The van der Waals surface area contributed by atoms with Crippen molar-refractivity contribution in [3.05, 3.63) is 52.0 Å². The van der Waals surface area contributed by atoms with Gasteiger partial charge in [0.25, 0.3) is 5.04 Å². The van der Waals surface area contributed by atoms with Gasteiger partial charge in [-0.1, -0.05) is 52.1 Å². The third kappa shape index (κ3) is 3.32. The molecule has 0 heterocycles. The Hall–Kier alpha value is -2.07. The Kier molecular flexibility index (Phi) is 4.95. The Morgan fingerprint density at radius 3 is 2.43 bits per heavy atom. The molecule has 1 N–H and O–H groups in total. The molecule has 0 saturated carbocycles. The third-order valence-corrected chi connectivity index (χ3v) is 5.25. The average Bonchev–Trinajstić information content (AvgIpc) is 2.47.